The molecule has 0 bridgehead atoms. The number of aryl methyl sites for hydroxylation is 1. The van der Waals surface area contributed by atoms with E-state index in [1.54, 1.807) is 60.7 Å². The van der Waals surface area contributed by atoms with Crippen LogP contribution in [-0.4, -0.2) is 11.8 Å². The average Bonchev–Trinajstić information content (AvgIpc) is 2.83. The molecule has 0 spiro atoms. The summed E-state index contributed by atoms with van der Waals surface area (Å²) in [4.78, 5) is 24.8. The maximum Gasteiger partial charge on any atom is 0.255 e. The highest BCUT2D eigenvalue weighted by atomic mass is 16.5. The Bertz CT molecular complexity index is 1200. The molecule has 0 unspecified atom stereocenters. The van der Waals surface area contributed by atoms with Crippen LogP contribution < -0.4 is 15.4 Å². The van der Waals surface area contributed by atoms with Crippen molar-refractivity contribution in [2.45, 2.75) is 6.92 Å². The van der Waals surface area contributed by atoms with Crippen LogP contribution in [0, 0.1) is 6.92 Å². The topological polar surface area (TPSA) is 67.4 Å². The minimum atomic E-state index is -0.238. The van der Waals surface area contributed by atoms with E-state index in [1.807, 2.05) is 49.4 Å². The summed E-state index contributed by atoms with van der Waals surface area (Å²) in [7, 11) is 0. The van der Waals surface area contributed by atoms with Crippen LogP contribution >= 0.6 is 0 Å². The van der Waals surface area contributed by atoms with Gasteiger partial charge in [0.15, 0.2) is 0 Å². The molecule has 4 aromatic carbocycles. The fourth-order valence-corrected chi connectivity index (χ4v) is 3.05. The maximum absolute atomic E-state index is 12.5. The minimum Gasteiger partial charge on any atom is -0.457 e. The molecule has 0 atom stereocenters. The van der Waals surface area contributed by atoms with Gasteiger partial charge in [0, 0.05) is 22.5 Å². The summed E-state index contributed by atoms with van der Waals surface area (Å²) in [5.41, 5.74) is 3.51. The van der Waals surface area contributed by atoms with Gasteiger partial charge in [0.2, 0.25) is 0 Å². The van der Waals surface area contributed by atoms with E-state index in [4.69, 9.17) is 4.74 Å². The second-order valence-electron chi connectivity index (χ2n) is 7.29. The van der Waals surface area contributed by atoms with Crippen molar-refractivity contribution < 1.29 is 14.3 Å². The summed E-state index contributed by atoms with van der Waals surface area (Å²) in [5.74, 6) is 1.01. The molecule has 2 N–H and O–H groups in total. The zero-order valence-corrected chi connectivity index (χ0v) is 17.5. The monoisotopic (exact) mass is 422 g/mol. The van der Waals surface area contributed by atoms with Crippen molar-refractivity contribution in [2.75, 3.05) is 10.6 Å². The molecule has 5 nitrogen and oxygen atoms in total. The predicted molar refractivity (Wildman–Crippen MR) is 126 cm³/mol. The van der Waals surface area contributed by atoms with Crippen molar-refractivity contribution >= 4 is 23.2 Å². The van der Waals surface area contributed by atoms with Crippen LogP contribution in [0.3, 0.4) is 0 Å². The van der Waals surface area contributed by atoms with Crippen LogP contribution in [0.25, 0.3) is 0 Å². The van der Waals surface area contributed by atoms with E-state index in [2.05, 4.69) is 10.6 Å². The van der Waals surface area contributed by atoms with Crippen LogP contribution in [0.2, 0.25) is 0 Å². The molecule has 0 saturated carbocycles. The lowest BCUT2D eigenvalue weighted by Gasteiger charge is -2.09. The Morgan fingerprint density at radius 1 is 0.562 bits per heavy atom. The van der Waals surface area contributed by atoms with E-state index in [-0.39, 0.29) is 11.8 Å². The normalized spacial score (nSPS) is 10.3. The standard InChI is InChI=1S/C27H22N2O3/c1-19-7-15-24(16-8-19)32-25-17-13-23(14-18-25)29-27(31)21-9-11-22(12-10-21)28-26(30)20-5-3-2-4-6-20/h2-18H,1H3,(H,28,30)(H,29,31). The molecule has 0 saturated heterocycles. The van der Waals surface area contributed by atoms with Gasteiger partial charge >= 0.3 is 0 Å². The predicted octanol–water partition coefficient (Wildman–Crippen LogP) is 6.29. The van der Waals surface area contributed by atoms with Gasteiger partial charge in [0.1, 0.15) is 11.5 Å². The number of nitrogens with one attached hydrogen (secondary N) is 2. The molecule has 0 radical (unpaired) electrons. The highest BCUT2D eigenvalue weighted by Crippen LogP contribution is 2.23. The van der Waals surface area contributed by atoms with Crippen molar-refractivity contribution in [3.8, 4) is 11.5 Å². The van der Waals surface area contributed by atoms with Crippen LogP contribution in [0.4, 0.5) is 11.4 Å². The van der Waals surface area contributed by atoms with Crippen LogP contribution in [-0.2, 0) is 0 Å². The molecular formula is C27H22N2O3. The maximum atomic E-state index is 12.5. The third-order valence-electron chi connectivity index (χ3n) is 4.81. The number of carbonyl (C=O) groups excluding carboxylic acids is 2. The SMILES string of the molecule is Cc1ccc(Oc2ccc(NC(=O)c3ccc(NC(=O)c4ccccc4)cc3)cc2)cc1. The van der Waals surface area contributed by atoms with Crippen molar-refractivity contribution in [1.29, 1.82) is 0 Å². The largest absolute Gasteiger partial charge is 0.457 e. The van der Waals surface area contributed by atoms with E-state index >= 15 is 0 Å². The van der Waals surface area contributed by atoms with Crippen molar-refractivity contribution in [1.82, 2.24) is 0 Å². The number of hydrogen-bond acceptors (Lipinski definition) is 3. The first-order chi connectivity index (χ1) is 15.6. The van der Waals surface area contributed by atoms with Crippen LogP contribution in [0.1, 0.15) is 26.3 Å². The molecule has 4 rings (SSSR count). The molecule has 0 aliphatic rings. The van der Waals surface area contributed by atoms with Gasteiger partial charge in [-0.15, -0.1) is 0 Å². The molecule has 2 amide bonds. The van der Waals surface area contributed by atoms with Gasteiger partial charge in [0.25, 0.3) is 11.8 Å². The van der Waals surface area contributed by atoms with Crippen LogP contribution in [0.15, 0.2) is 103 Å². The molecule has 0 aliphatic heterocycles. The number of ether oxygens (including phenoxy) is 1. The smallest absolute Gasteiger partial charge is 0.255 e. The number of amides is 2. The quantitative estimate of drug-likeness (QED) is 0.384. The molecule has 0 fully saturated rings. The Labute approximate surface area is 186 Å². The minimum absolute atomic E-state index is 0.198. The fraction of sp³-hybridized carbons (Fsp3) is 0.0370. The first-order valence-corrected chi connectivity index (χ1v) is 10.2. The summed E-state index contributed by atoms with van der Waals surface area (Å²) in [5, 5.41) is 5.68. The summed E-state index contributed by atoms with van der Waals surface area (Å²) in [6.45, 7) is 2.02. The molecule has 5 heteroatoms. The first-order valence-electron chi connectivity index (χ1n) is 10.2. The van der Waals surface area contributed by atoms with Gasteiger partial charge in [0.05, 0.1) is 0 Å². The van der Waals surface area contributed by atoms with Crippen LogP contribution in [0.5, 0.6) is 11.5 Å². The number of rotatable bonds is 6. The number of benzene rings is 4. The lowest BCUT2D eigenvalue weighted by atomic mass is 10.1. The highest BCUT2D eigenvalue weighted by Gasteiger charge is 2.09. The zero-order valence-electron chi connectivity index (χ0n) is 17.5. The van der Waals surface area contributed by atoms with E-state index in [0.29, 0.717) is 28.3 Å². The average molecular weight is 422 g/mol. The van der Waals surface area contributed by atoms with Crippen molar-refractivity contribution in [3.63, 3.8) is 0 Å². The third kappa shape index (κ3) is 5.40. The second-order valence-corrected chi connectivity index (χ2v) is 7.29. The molecule has 4 aromatic rings. The van der Waals surface area contributed by atoms with Gasteiger partial charge in [-0.05, 0) is 79.7 Å². The summed E-state index contributed by atoms with van der Waals surface area (Å²) in [6, 6.07) is 30.7. The van der Waals surface area contributed by atoms with E-state index in [9.17, 15) is 9.59 Å². The lowest BCUT2D eigenvalue weighted by Crippen LogP contribution is -2.13. The zero-order chi connectivity index (χ0) is 22.3. The Morgan fingerprint density at radius 2 is 1.00 bits per heavy atom. The summed E-state index contributed by atoms with van der Waals surface area (Å²) < 4.78 is 5.81. The molecule has 0 heterocycles. The Kier molecular flexibility index (Phi) is 6.28. The summed E-state index contributed by atoms with van der Waals surface area (Å²) >= 11 is 0. The Balaban J connectivity index is 1.34. The lowest BCUT2D eigenvalue weighted by molar-refractivity contribution is 0.102. The number of anilines is 2. The molecule has 0 aliphatic carbocycles. The molecule has 158 valence electrons. The highest BCUT2D eigenvalue weighted by molar-refractivity contribution is 6.06. The van der Waals surface area contributed by atoms with Gasteiger partial charge in [-0.2, -0.15) is 0 Å². The van der Waals surface area contributed by atoms with Gasteiger partial charge in [-0.25, -0.2) is 0 Å². The van der Waals surface area contributed by atoms with Crippen molar-refractivity contribution in [2.24, 2.45) is 0 Å². The van der Waals surface area contributed by atoms with Gasteiger partial charge in [-0.3, -0.25) is 9.59 Å². The van der Waals surface area contributed by atoms with E-state index in [0.717, 1.165) is 5.75 Å². The second kappa shape index (κ2) is 9.62. The van der Waals surface area contributed by atoms with E-state index < -0.39 is 0 Å². The van der Waals surface area contributed by atoms with Gasteiger partial charge < -0.3 is 15.4 Å². The van der Waals surface area contributed by atoms with Gasteiger partial charge in [-0.1, -0.05) is 35.9 Å². The first kappa shape index (κ1) is 20.9. The Hall–Kier alpha value is -4.38. The molecular weight excluding hydrogens is 400 g/mol. The number of hydrogen-bond donors (Lipinski definition) is 2. The molecule has 0 aromatic heterocycles. The van der Waals surface area contributed by atoms with Crippen molar-refractivity contribution in [3.05, 3.63) is 120 Å². The summed E-state index contributed by atoms with van der Waals surface area (Å²) in [6.07, 6.45) is 0. The fourth-order valence-electron chi connectivity index (χ4n) is 3.05. The van der Waals surface area contributed by atoms with E-state index in [1.165, 1.54) is 5.56 Å². The third-order valence-corrected chi connectivity index (χ3v) is 4.81. The number of carbonyl (C=O) groups is 2. The Morgan fingerprint density at radius 3 is 1.53 bits per heavy atom. The molecule has 32 heavy (non-hydrogen) atoms.